The van der Waals surface area contributed by atoms with E-state index in [9.17, 15) is 9.90 Å². The lowest BCUT2D eigenvalue weighted by Crippen LogP contribution is -2.08. The van der Waals surface area contributed by atoms with Crippen molar-refractivity contribution in [2.75, 3.05) is 0 Å². The maximum Gasteiger partial charge on any atom is 0.339 e. The van der Waals surface area contributed by atoms with E-state index in [1.54, 1.807) is 24.4 Å². The smallest absolute Gasteiger partial charge is 0.339 e. The third-order valence-electron chi connectivity index (χ3n) is 2.96. The number of para-hydroxylation sites is 1. The van der Waals surface area contributed by atoms with Crippen molar-refractivity contribution in [2.24, 2.45) is 0 Å². The van der Waals surface area contributed by atoms with Gasteiger partial charge >= 0.3 is 5.97 Å². The molecule has 2 aromatic heterocycles. The highest BCUT2D eigenvalue weighted by Gasteiger charge is 2.18. The lowest BCUT2D eigenvalue weighted by Gasteiger charge is -2.11. The van der Waals surface area contributed by atoms with E-state index >= 15 is 0 Å². The van der Waals surface area contributed by atoms with Gasteiger partial charge in [-0.1, -0.05) is 18.2 Å². The first-order valence-electron chi connectivity index (χ1n) is 5.77. The zero-order valence-electron chi connectivity index (χ0n) is 10.2. The Balaban J connectivity index is 2.46. The Morgan fingerprint density at radius 1 is 1.30 bits per heavy atom. The molecule has 6 heteroatoms. The largest absolute Gasteiger partial charge is 0.478 e. The molecule has 1 N–H and O–H groups in total. The molecule has 0 aliphatic heterocycles. The molecule has 0 saturated carbocycles. The van der Waals surface area contributed by atoms with Crippen LogP contribution in [-0.2, 0) is 0 Å². The van der Waals surface area contributed by atoms with Gasteiger partial charge in [-0.05, 0) is 6.07 Å². The van der Waals surface area contributed by atoms with Crippen molar-refractivity contribution in [1.82, 2.24) is 14.5 Å². The number of benzene rings is 1. The molecule has 0 unspecified atom stereocenters. The minimum absolute atomic E-state index is 0.0261. The van der Waals surface area contributed by atoms with E-state index in [1.807, 2.05) is 12.1 Å². The van der Waals surface area contributed by atoms with Crippen LogP contribution in [0, 0.1) is 11.3 Å². The molecule has 0 amide bonds. The molecule has 2 heterocycles. The van der Waals surface area contributed by atoms with Crippen LogP contribution in [0.2, 0.25) is 0 Å². The van der Waals surface area contributed by atoms with Crippen LogP contribution >= 0.6 is 0 Å². The van der Waals surface area contributed by atoms with Gasteiger partial charge in [0.05, 0.1) is 11.2 Å². The molecule has 0 radical (unpaired) electrons. The molecule has 0 bridgehead atoms. The number of carbonyl (C=O) groups is 1. The van der Waals surface area contributed by atoms with Crippen LogP contribution in [0.1, 0.15) is 16.2 Å². The zero-order valence-corrected chi connectivity index (χ0v) is 10.2. The Kier molecular flexibility index (Phi) is 2.66. The number of aromatic nitrogens is 3. The summed E-state index contributed by atoms with van der Waals surface area (Å²) in [7, 11) is 0. The maximum atomic E-state index is 11.4. The molecule has 3 rings (SSSR count). The van der Waals surface area contributed by atoms with Gasteiger partial charge in [0, 0.05) is 24.0 Å². The average Bonchev–Trinajstić information content (AvgIpc) is 2.93. The van der Waals surface area contributed by atoms with Gasteiger partial charge in [-0.2, -0.15) is 5.26 Å². The van der Waals surface area contributed by atoms with E-state index in [0.717, 1.165) is 0 Å². The minimum Gasteiger partial charge on any atom is -0.478 e. The summed E-state index contributed by atoms with van der Waals surface area (Å²) in [5.74, 6) is -0.973. The van der Waals surface area contributed by atoms with Crippen LogP contribution in [-0.4, -0.2) is 25.6 Å². The number of pyridine rings is 1. The highest BCUT2D eigenvalue weighted by atomic mass is 16.4. The van der Waals surface area contributed by atoms with Gasteiger partial charge in [0.15, 0.2) is 0 Å². The Bertz CT molecular complexity index is 861. The molecule has 0 atom stereocenters. The van der Waals surface area contributed by atoms with Crippen molar-refractivity contribution in [3.05, 3.63) is 54.2 Å². The SMILES string of the molecule is N#Cc1nccn1-c1c(C(=O)O)cnc2ccccc12. The number of imidazole rings is 1. The zero-order chi connectivity index (χ0) is 14.1. The number of carboxylic acid groups (broad SMARTS) is 1. The number of nitrogens with zero attached hydrogens (tertiary/aromatic N) is 4. The predicted molar refractivity (Wildman–Crippen MR) is 70.5 cm³/mol. The average molecular weight is 264 g/mol. The Morgan fingerprint density at radius 3 is 2.85 bits per heavy atom. The lowest BCUT2D eigenvalue weighted by atomic mass is 10.1. The fourth-order valence-electron chi connectivity index (χ4n) is 2.11. The van der Waals surface area contributed by atoms with E-state index in [-0.39, 0.29) is 11.4 Å². The molecule has 6 nitrogen and oxygen atoms in total. The number of rotatable bonds is 2. The summed E-state index contributed by atoms with van der Waals surface area (Å²) < 4.78 is 1.47. The lowest BCUT2D eigenvalue weighted by molar-refractivity contribution is 0.0696. The van der Waals surface area contributed by atoms with Gasteiger partial charge in [0.1, 0.15) is 11.6 Å². The Morgan fingerprint density at radius 2 is 2.10 bits per heavy atom. The summed E-state index contributed by atoms with van der Waals surface area (Å²) >= 11 is 0. The Labute approximate surface area is 113 Å². The van der Waals surface area contributed by atoms with Gasteiger partial charge in [0.25, 0.3) is 0 Å². The first-order chi connectivity index (χ1) is 9.72. The molecule has 0 spiro atoms. The standard InChI is InChI=1S/C14H8N4O2/c15-7-12-16-5-6-18(12)13-9-3-1-2-4-11(9)17-8-10(13)14(19)20/h1-6,8H,(H,19,20). The second-order valence-electron chi connectivity index (χ2n) is 4.08. The maximum absolute atomic E-state index is 11.4. The normalized spacial score (nSPS) is 10.3. The second kappa shape index (κ2) is 4.48. The molecule has 1 aromatic carbocycles. The second-order valence-corrected chi connectivity index (χ2v) is 4.08. The van der Waals surface area contributed by atoms with Crippen LogP contribution < -0.4 is 0 Å². The van der Waals surface area contributed by atoms with Crippen LogP contribution in [0.4, 0.5) is 0 Å². The molecule has 0 fully saturated rings. The first kappa shape index (κ1) is 11.9. The van der Waals surface area contributed by atoms with Gasteiger partial charge in [-0.25, -0.2) is 9.78 Å². The fourth-order valence-corrected chi connectivity index (χ4v) is 2.11. The van der Waals surface area contributed by atoms with Gasteiger partial charge in [-0.3, -0.25) is 9.55 Å². The van der Waals surface area contributed by atoms with Gasteiger partial charge in [0.2, 0.25) is 5.82 Å². The Hall–Kier alpha value is -3.20. The van der Waals surface area contributed by atoms with Crippen LogP contribution in [0.5, 0.6) is 0 Å². The molecule has 20 heavy (non-hydrogen) atoms. The molecule has 0 aliphatic rings. The van der Waals surface area contributed by atoms with Crippen molar-refractivity contribution in [2.45, 2.75) is 0 Å². The predicted octanol–water partition coefficient (Wildman–Crippen LogP) is 1.99. The quantitative estimate of drug-likeness (QED) is 0.764. The number of hydrogen-bond acceptors (Lipinski definition) is 4. The summed E-state index contributed by atoms with van der Waals surface area (Å²) in [5.41, 5.74) is 1.08. The minimum atomic E-state index is -1.10. The number of carboxylic acids is 1. The molecule has 0 saturated heterocycles. The number of hydrogen-bond donors (Lipinski definition) is 1. The summed E-state index contributed by atoms with van der Waals surface area (Å²) in [4.78, 5) is 19.4. The number of fused-ring (bicyclic) bond motifs is 1. The third-order valence-corrected chi connectivity index (χ3v) is 2.96. The monoisotopic (exact) mass is 264 g/mol. The van der Waals surface area contributed by atoms with Gasteiger partial charge in [-0.15, -0.1) is 0 Å². The van der Waals surface area contributed by atoms with Crippen molar-refractivity contribution < 1.29 is 9.90 Å². The highest BCUT2D eigenvalue weighted by molar-refractivity contribution is 6.00. The summed E-state index contributed by atoms with van der Waals surface area (Å²) in [6.07, 6.45) is 4.31. The van der Waals surface area contributed by atoms with Crippen molar-refractivity contribution in [3.8, 4) is 11.8 Å². The highest BCUT2D eigenvalue weighted by Crippen LogP contribution is 2.25. The number of nitriles is 1. The molecular weight excluding hydrogens is 256 g/mol. The van der Waals surface area contributed by atoms with Crippen molar-refractivity contribution >= 4 is 16.9 Å². The van der Waals surface area contributed by atoms with Gasteiger partial charge < -0.3 is 5.11 Å². The molecule has 0 aliphatic carbocycles. The first-order valence-corrected chi connectivity index (χ1v) is 5.77. The number of aromatic carboxylic acids is 1. The van der Waals surface area contributed by atoms with E-state index in [1.165, 1.54) is 17.0 Å². The topological polar surface area (TPSA) is 91.8 Å². The summed E-state index contributed by atoms with van der Waals surface area (Å²) in [6.45, 7) is 0. The molecule has 3 aromatic rings. The van der Waals surface area contributed by atoms with Crippen LogP contribution in [0.3, 0.4) is 0 Å². The third kappa shape index (κ3) is 1.69. The van der Waals surface area contributed by atoms with Crippen molar-refractivity contribution in [3.63, 3.8) is 0 Å². The van der Waals surface area contributed by atoms with Crippen LogP contribution in [0.15, 0.2) is 42.9 Å². The van der Waals surface area contributed by atoms with E-state index in [0.29, 0.717) is 16.6 Å². The van der Waals surface area contributed by atoms with E-state index in [2.05, 4.69) is 9.97 Å². The van der Waals surface area contributed by atoms with Crippen LogP contribution in [0.25, 0.3) is 16.6 Å². The van der Waals surface area contributed by atoms with E-state index in [4.69, 9.17) is 5.26 Å². The fraction of sp³-hybridized carbons (Fsp3) is 0. The molecule has 96 valence electrons. The van der Waals surface area contributed by atoms with E-state index < -0.39 is 5.97 Å². The summed E-state index contributed by atoms with van der Waals surface area (Å²) in [6, 6.07) is 9.11. The molecular formula is C14H8N4O2. The summed E-state index contributed by atoms with van der Waals surface area (Å²) in [5, 5.41) is 19.1. The van der Waals surface area contributed by atoms with Crippen molar-refractivity contribution in [1.29, 1.82) is 5.26 Å².